The summed E-state index contributed by atoms with van der Waals surface area (Å²) in [4.78, 5) is 31.1. The first-order valence-electron chi connectivity index (χ1n) is 24.3. The van der Waals surface area contributed by atoms with Gasteiger partial charge in [0.15, 0.2) is 34.9 Å². The number of rotatable bonds is 6. The minimum atomic E-state index is -0.158. The SMILES string of the molecule is CC(C)(C)c1ccc2c(c1)Oc1cc(C(C)(C)C)cc3c1B2c1cc(-c2nc(-c4ccccc4)nc(-c4ccccc4)n2)cc2c4cc(-c5nc(-c6ccccc6)nc(-c6ccccc6)n5)ccc4n-3c12. The molecule has 0 saturated heterocycles. The molecule has 0 saturated carbocycles. The number of benzene rings is 8. The van der Waals surface area contributed by atoms with Crippen LogP contribution in [0.25, 0.3) is 95.8 Å². The van der Waals surface area contributed by atoms with Crippen LogP contribution in [0.5, 0.6) is 11.5 Å². The molecule has 3 aromatic heterocycles. The second kappa shape index (κ2) is 16.0. The predicted octanol–water partition coefficient (Wildman–Crippen LogP) is 12.7. The van der Waals surface area contributed by atoms with Gasteiger partial charge >= 0.3 is 0 Å². The van der Waals surface area contributed by atoms with E-state index in [2.05, 4.69) is 131 Å². The second-order valence-electron chi connectivity index (χ2n) is 20.8. The average Bonchev–Trinajstić information content (AvgIpc) is 3.73. The smallest absolute Gasteiger partial charge is 0.256 e. The molecule has 8 aromatic carbocycles. The fourth-order valence-electron chi connectivity index (χ4n) is 10.3. The van der Waals surface area contributed by atoms with Crippen LogP contribution in [0.15, 0.2) is 182 Å². The van der Waals surface area contributed by atoms with Crippen molar-refractivity contribution < 1.29 is 4.74 Å². The topological polar surface area (TPSA) is 91.5 Å². The van der Waals surface area contributed by atoms with Crippen molar-refractivity contribution in [3.05, 3.63) is 193 Å². The molecule has 0 bridgehead atoms. The van der Waals surface area contributed by atoms with E-state index in [1.165, 1.54) is 11.1 Å². The molecule has 0 aliphatic carbocycles. The molecule has 13 rings (SSSR count). The number of fused-ring (bicyclic) bond motifs is 7. The van der Waals surface area contributed by atoms with Crippen molar-refractivity contribution in [2.75, 3.05) is 0 Å². The van der Waals surface area contributed by atoms with Crippen LogP contribution < -0.4 is 21.1 Å². The summed E-state index contributed by atoms with van der Waals surface area (Å²) in [6.45, 7) is 13.4. The second-order valence-corrected chi connectivity index (χ2v) is 20.8. The minimum absolute atomic E-state index is 0.0746. The van der Waals surface area contributed by atoms with Gasteiger partial charge in [-0.15, -0.1) is 0 Å². The number of hydrogen-bond acceptors (Lipinski definition) is 7. The normalized spacial score (nSPS) is 12.7. The lowest BCUT2D eigenvalue weighted by Gasteiger charge is -2.36. The maximum absolute atomic E-state index is 7.14. The highest BCUT2D eigenvalue weighted by Gasteiger charge is 2.42. The zero-order valence-electron chi connectivity index (χ0n) is 40.4. The van der Waals surface area contributed by atoms with E-state index in [9.17, 15) is 0 Å². The van der Waals surface area contributed by atoms with E-state index < -0.39 is 0 Å². The van der Waals surface area contributed by atoms with Gasteiger partial charge in [0.25, 0.3) is 6.71 Å². The van der Waals surface area contributed by atoms with Crippen molar-refractivity contribution in [3.8, 4) is 85.5 Å². The fraction of sp³-hybridized carbons (Fsp3) is 0.129. The van der Waals surface area contributed by atoms with Gasteiger partial charge in [-0.25, -0.2) is 29.9 Å². The summed E-state index contributed by atoms with van der Waals surface area (Å²) < 4.78 is 9.61. The van der Waals surface area contributed by atoms with Crippen molar-refractivity contribution in [1.29, 1.82) is 0 Å². The van der Waals surface area contributed by atoms with E-state index >= 15 is 0 Å². The van der Waals surface area contributed by atoms with E-state index in [0.29, 0.717) is 34.9 Å². The molecule has 340 valence electrons. The first-order chi connectivity index (χ1) is 34.4. The Bertz CT molecular complexity index is 3800. The molecular formula is C62H48BN7O. The molecule has 0 N–H and O–H groups in total. The van der Waals surface area contributed by atoms with Gasteiger partial charge in [0.1, 0.15) is 11.5 Å². The Morgan fingerprint density at radius 2 is 0.831 bits per heavy atom. The molecule has 0 radical (unpaired) electrons. The highest BCUT2D eigenvalue weighted by molar-refractivity contribution is 6.99. The van der Waals surface area contributed by atoms with Crippen molar-refractivity contribution in [1.82, 2.24) is 34.5 Å². The fourth-order valence-corrected chi connectivity index (χ4v) is 10.3. The van der Waals surface area contributed by atoms with Gasteiger partial charge in [0.05, 0.1) is 5.52 Å². The lowest BCUT2D eigenvalue weighted by atomic mass is 9.34. The summed E-state index contributed by atoms with van der Waals surface area (Å²) in [6.07, 6.45) is 0. The third-order valence-corrected chi connectivity index (χ3v) is 14.0. The summed E-state index contributed by atoms with van der Waals surface area (Å²) in [5.41, 5.74) is 14.4. The molecule has 9 heteroatoms. The van der Waals surface area contributed by atoms with Crippen molar-refractivity contribution in [3.63, 3.8) is 0 Å². The monoisotopic (exact) mass is 917 g/mol. The first kappa shape index (κ1) is 42.5. The van der Waals surface area contributed by atoms with Crippen LogP contribution in [0.1, 0.15) is 52.7 Å². The van der Waals surface area contributed by atoms with Gasteiger partial charge in [0.2, 0.25) is 0 Å². The van der Waals surface area contributed by atoms with E-state index in [0.717, 1.165) is 88.8 Å². The largest absolute Gasteiger partial charge is 0.458 e. The average molecular weight is 918 g/mol. The Balaban J connectivity index is 1.13. The van der Waals surface area contributed by atoms with Crippen LogP contribution in [-0.4, -0.2) is 41.2 Å². The van der Waals surface area contributed by atoms with Gasteiger partial charge < -0.3 is 9.30 Å². The molecule has 8 nitrogen and oxygen atoms in total. The van der Waals surface area contributed by atoms with Gasteiger partial charge in [0, 0.05) is 55.4 Å². The van der Waals surface area contributed by atoms with Gasteiger partial charge in [-0.2, -0.15) is 0 Å². The number of nitrogens with zero attached hydrogens (tertiary/aromatic N) is 7. The van der Waals surface area contributed by atoms with Crippen molar-refractivity contribution in [2.45, 2.75) is 52.4 Å². The Morgan fingerprint density at radius 1 is 0.380 bits per heavy atom. The lowest BCUT2D eigenvalue weighted by molar-refractivity contribution is 0.479. The maximum Gasteiger partial charge on any atom is 0.256 e. The minimum Gasteiger partial charge on any atom is -0.458 e. The quantitative estimate of drug-likeness (QED) is 0.153. The first-order valence-corrected chi connectivity index (χ1v) is 24.3. The van der Waals surface area contributed by atoms with Crippen LogP contribution >= 0.6 is 0 Å². The third-order valence-electron chi connectivity index (χ3n) is 14.0. The Kier molecular flexibility index (Phi) is 9.59. The van der Waals surface area contributed by atoms with Crippen molar-refractivity contribution >= 4 is 44.9 Å². The van der Waals surface area contributed by atoms with E-state index in [4.69, 9.17) is 34.6 Å². The molecule has 0 spiro atoms. The molecule has 5 heterocycles. The summed E-state index contributed by atoms with van der Waals surface area (Å²) in [7, 11) is 0. The van der Waals surface area contributed by atoms with Crippen LogP contribution in [-0.2, 0) is 10.8 Å². The van der Waals surface area contributed by atoms with Crippen LogP contribution in [0, 0.1) is 0 Å². The van der Waals surface area contributed by atoms with Crippen molar-refractivity contribution in [2.24, 2.45) is 0 Å². The van der Waals surface area contributed by atoms with E-state index in [-0.39, 0.29) is 17.5 Å². The molecule has 0 atom stereocenters. The Labute approximate surface area is 413 Å². The molecule has 71 heavy (non-hydrogen) atoms. The van der Waals surface area contributed by atoms with Gasteiger partial charge in [-0.3, -0.25) is 0 Å². The lowest BCUT2D eigenvalue weighted by Crippen LogP contribution is -2.58. The summed E-state index contributed by atoms with van der Waals surface area (Å²) in [5.74, 6) is 5.40. The zero-order chi connectivity index (χ0) is 48.2. The van der Waals surface area contributed by atoms with Gasteiger partial charge in [-0.1, -0.05) is 181 Å². The maximum atomic E-state index is 7.14. The number of hydrogen-bond donors (Lipinski definition) is 0. The van der Waals surface area contributed by atoms with Crippen LogP contribution in [0.3, 0.4) is 0 Å². The van der Waals surface area contributed by atoms with Gasteiger partial charge in [-0.05, 0) is 80.8 Å². The summed E-state index contributed by atoms with van der Waals surface area (Å²) >= 11 is 0. The standard InChI is InChI=1S/C62H48BN7O/c1-61(2,3)43-28-29-47-51(35-43)71-52-36-44(62(4,5)6)34-50-53(52)63(47)48-33-42(60-68-57(39-23-15-9-16-24-39)65-58(69-60)40-25-17-10-18-26-40)32-46-45-31-41(27-30-49(45)70(50)54(46)48)59-66-55(37-19-11-7-12-20-37)64-56(67-59)38-21-13-8-14-22-38/h7-36H,1-6H3. The zero-order valence-corrected chi connectivity index (χ0v) is 40.4. The van der Waals surface area contributed by atoms with Crippen LogP contribution in [0.4, 0.5) is 0 Å². The highest BCUT2D eigenvalue weighted by Crippen LogP contribution is 2.43. The molecule has 0 amide bonds. The molecular weight excluding hydrogens is 870 g/mol. The molecule has 2 aliphatic rings. The molecule has 0 fully saturated rings. The predicted molar refractivity (Wildman–Crippen MR) is 289 cm³/mol. The molecule has 0 unspecified atom stereocenters. The molecule has 11 aromatic rings. The highest BCUT2D eigenvalue weighted by atomic mass is 16.5. The van der Waals surface area contributed by atoms with E-state index in [1.807, 2.05) is 97.1 Å². The number of ether oxygens (including phenoxy) is 1. The van der Waals surface area contributed by atoms with E-state index in [1.54, 1.807) is 0 Å². The Hall–Kier alpha value is -8.56. The summed E-state index contributed by atoms with van der Waals surface area (Å²) in [5, 5.41) is 2.13. The van der Waals surface area contributed by atoms with Crippen LogP contribution in [0.2, 0.25) is 0 Å². The number of aromatic nitrogens is 7. The Morgan fingerprint density at radius 3 is 1.32 bits per heavy atom. The summed E-state index contributed by atoms with van der Waals surface area (Å²) in [6, 6.07) is 63.3. The molecule has 2 aliphatic heterocycles. The third kappa shape index (κ3) is 7.22.